The Morgan fingerprint density at radius 3 is 2.36 bits per heavy atom. The normalized spacial score (nSPS) is 22.1. The summed E-state index contributed by atoms with van der Waals surface area (Å²) in [7, 11) is 0. The van der Waals surface area contributed by atoms with Gasteiger partial charge in [0.05, 0.1) is 6.10 Å². The van der Waals surface area contributed by atoms with Crippen molar-refractivity contribution < 1.29 is 14.6 Å². The zero-order valence-corrected chi connectivity index (χ0v) is 7.17. The summed E-state index contributed by atoms with van der Waals surface area (Å²) < 4.78 is 4.72. The van der Waals surface area contributed by atoms with Gasteiger partial charge in [0.1, 0.15) is 0 Å². The lowest BCUT2D eigenvalue weighted by Gasteiger charge is -1.95. The van der Waals surface area contributed by atoms with Crippen molar-refractivity contribution in [1.82, 2.24) is 0 Å². The second-order valence-corrected chi connectivity index (χ2v) is 2.56. The number of carbonyl (C=O) groups excluding carboxylic acids is 1. The highest BCUT2D eigenvalue weighted by atomic mass is 16.5. The molecule has 0 bridgehead atoms. The average molecular weight is 160 g/mol. The molecule has 1 rings (SSSR count). The number of hydrogen-bond donors (Lipinski definition) is 1. The Balaban J connectivity index is 0.000000218. The molecule has 0 saturated carbocycles. The summed E-state index contributed by atoms with van der Waals surface area (Å²) in [5, 5.41) is 7.88. The van der Waals surface area contributed by atoms with Gasteiger partial charge in [0.15, 0.2) is 0 Å². The molecule has 0 radical (unpaired) electrons. The molecule has 1 unspecified atom stereocenters. The number of esters is 1. The molecule has 0 aromatic carbocycles. The Hall–Kier alpha value is -0.570. The SMILES string of the molecule is CC1CCC(=O)O1.CCCO. The predicted molar refractivity (Wildman–Crippen MR) is 42.2 cm³/mol. The van der Waals surface area contributed by atoms with E-state index in [0.717, 1.165) is 12.8 Å². The van der Waals surface area contributed by atoms with Gasteiger partial charge in [0.25, 0.3) is 0 Å². The van der Waals surface area contributed by atoms with Gasteiger partial charge in [0.2, 0.25) is 0 Å². The van der Waals surface area contributed by atoms with Gasteiger partial charge in [-0.2, -0.15) is 0 Å². The fraction of sp³-hybridized carbons (Fsp3) is 0.875. The Morgan fingerprint density at radius 1 is 1.73 bits per heavy atom. The summed E-state index contributed by atoms with van der Waals surface area (Å²) in [4.78, 5) is 10.2. The minimum absolute atomic E-state index is 0.0486. The molecule has 0 aromatic heterocycles. The largest absolute Gasteiger partial charge is 0.463 e. The van der Waals surface area contributed by atoms with Crippen LogP contribution in [-0.4, -0.2) is 23.8 Å². The van der Waals surface area contributed by atoms with Crippen molar-refractivity contribution in [3.8, 4) is 0 Å². The van der Waals surface area contributed by atoms with Gasteiger partial charge in [-0.1, -0.05) is 6.92 Å². The van der Waals surface area contributed by atoms with Crippen LogP contribution in [0.4, 0.5) is 0 Å². The fourth-order valence-corrected chi connectivity index (χ4v) is 0.663. The lowest BCUT2D eigenvalue weighted by atomic mass is 10.3. The monoisotopic (exact) mass is 160 g/mol. The maximum atomic E-state index is 10.2. The molecule has 0 aliphatic carbocycles. The molecule has 66 valence electrons. The van der Waals surface area contributed by atoms with E-state index in [1.807, 2.05) is 13.8 Å². The van der Waals surface area contributed by atoms with Crippen LogP contribution in [0, 0.1) is 0 Å². The Bertz CT molecular complexity index is 110. The minimum atomic E-state index is -0.0486. The van der Waals surface area contributed by atoms with Crippen molar-refractivity contribution in [3.63, 3.8) is 0 Å². The lowest BCUT2D eigenvalue weighted by Crippen LogP contribution is -1.98. The van der Waals surface area contributed by atoms with Gasteiger partial charge in [-0.15, -0.1) is 0 Å². The summed E-state index contributed by atoms with van der Waals surface area (Å²) in [6.07, 6.45) is 2.56. The van der Waals surface area contributed by atoms with Gasteiger partial charge in [-0.25, -0.2) is 0 Å². The van der Waals surface area contributed by atoms with E-state index < -0.39 is 0 Å². The van der Waals surface area contributed by atoms with Gasteiger partial charge in [0, 0.05) is 13.0 Å². The molecule has 1 aliphatic rings. The Kier molecular flexibility index (Phi) is 5.84. The Labute approximate surface area is 67.4 Å². The van der Waals surface area contributed by atoms with Crippen molar-refractivity contribution in [1.29, 1.82) is 0 Å². The first-order valence-corrected chi connectivity index (χ1v) is 4.01. The van der Waals surface area contributed by atoms with E-state index in [4.69, 9.17) is 9.84 Å². The van der Waals surface area contributed by atoms with Gasteiger partial charge < -0.3 is 9.84 Å². The standard InChI is InChI=1S/C5H8O2.C3H8O/c1-4-2-3-5(6)7-4;1-2-3-4/h4H,2-3H2,1H3;4H,2-3H2,1H3. The van der Waals surface area contributed by atoms with Crippen molar-refractivity contribution in [2.75, 3.05) is 6.61 Å². The molecule has 3 heteroatoms. The van der Waals surface area contributed by atoms with Crippen molar-refractivity contribution >= 4 is 5.97 Å². The number of carbonyl (C=O) groups is 1. The van der Waals surface area contributed by atoms with E-state index in [1.54, 1.807) is 0 Å². The molecule has 1 aliphatic heterocycles. The van der Waals surface area contributed by atoms with Crippen LogP contribution in [0.15, 0.2) is 0 Å². The average Bonchev–Trinajstić information content (AvgIpc) is 2.35. The smallest absolute Gasteiger partial charge is 0.306 e. The van der Waals surface area contributed by atoms with Crippen LogP contribution in [0.5, 0.6) is 0 Å². The number of hydrogen-bond acceptors (Lipinski definition) is 3. The molecule has 0 spiro atoms. The summed E-state index contributed by atoms with van der Waals surface area (Å²) in [5.41, 5.74) is 0. The van der Waals surface area contributed by atoms with E-state index >= 15 is 0 Å². The molecule has 3 nitrogen and oxygen atoms in total. The first-order chi connectivity index (χ1) is 5.20. The van der Waals surface area contributed by atoms with E-state index in [9.17, 15) is 4.79 Å². The Morgan fingerprint density at radius 2 is 2.27 bits per heavy atom. The van der Waals surface area contributed by atoms with Crippen LogP contribution in [-0.2, 0) is 9.53 Å². The first-order valence-electron chi connectivity index (χ1n) is 4.01. The van der Waals surface area contributed by atoms with Crippen molar-refractivity contribution in [2.24, 2.45) is 0 Å². The third-order valence-corrected chi connectivity index (χ3v) is 1.31. The molecule has 1 fully saturated rings. The highest BCUT2D eigenvalue weighted by Gasteiger charge is 2.17. The van der Waals surface area contributed by atoms with Crippen LogP contribution < -0.4 is 0 Å². The highest BCUT2D eigenvalue weighted by molar-refractivity contribution is 5.71. The van der Waals surface area contributed by atoms with Gasteiger partial charge in [-0.3, -0.25) is 4.79 Å². The number of rotatable bonds is 1. The number of aliphatic hydroxyl groups is 1. The molecule has 1 saturated heterocycles. The summed E-state index contributed by atoms with van der Waals surface area (Å²) in [6, 6.07) is 0. The quantitative estimate of drug-likeness (QED) is 0.584. The zero-order chi connectivity index (χ0) is 8.69. The van der Waals surface area contributed by atoms with Crippen molar-refractivity contribution in [3.05, 3.63) is 0 Å². The summed E-state index contributed by atoms with van der Waals surface area (Å²) >= 11 is 0. The summed E-state index contributed by atoms with van der Waals surface area (Å²) in [6.45, 7) is 4.16. The molecule has 11 heavy (non-hydrogen) atoms. The van der Waals surface area contributed by atoms with Crippen molar-refractivity contribution in [2.45, 2.75) is 39.2 Å². The van der Waals surface area contributed by atoms with E-state index in [0.29, 0.717) is 13.0 Å². The molecule has 1 heterocycles. The number of ether oxygens (including phenoxy) is 1. The predicted octanol–water partition coefficient (Wildman–Crippen LogP) is 1.10. The zero-order valence-electron chi connectivity index (χ0n) is 7.17. The highest BCUT2D eigenvalue weighted by Crippen LogP contribution is 2.11. The molecule has 1 N–H and O–H groups in total. The topological polar surface area (TPSA) is 46.5 Å². The maximum absolute atomic E-state index is 10.2. The van der Waals surface area contributed by atoms with Crippen LogP contribution >= 0.6 is 0 Å². The number of aliphatic hydroxyl groups excluding tert-OH is 1. The second kappa shape index (κ2) is 6.16. The number of cyclic esters (lactones) is 1. The lowest BCUT2D eigenvalue weighted by molar-refractivity contribution is -0.140. The van der Waals surface area contributed by atoms with E-state index in [2.05, 4.69) is 0 Å². The molecular weight excluding hydrogens is 144 g/mol. The van der Waals surface area contributed by atoms with E-state index in [1.165, 1.54) is 0 Å². The first kappa shape index (κ1) is 10.4. The molecule has 1 atom stereocenters. The fourth-order valence-electron chi connectivity index (χ4n) is 0.663. The van der Waals surface area contributed by atoms with Gasteiger partial charge >= 0.3 is 5.97 Å². The van der Waals surface area contributed by atoms with Gasteiger partial charge in [-0.05, 0) is 19.8 Å². The minimum Gasteiger partial charge on any atom is -0.463 e. The van der Waals surface area contributed by atoms with Crippen LogP contribution in [0.25, 0.3) is 0 Å². The van der Waals surface area contributed by atoms with Crippen LogP contribution in [0.3, 0.4) is 0 Å². The van der Waals surface area contributed by atoms with Crippen LogP contribution in [0.1, 0.15) is 33.1 Å². The summed E-state index contributed by atoms with van der Waals surface area (Å²) in [5.74, 6) is -0.0486. The van der Waals surface area contributed by atoms with E-state index in [-0.39, 0.29) is 12.1 Å². The molecule has 0 aromatic rings. The maximum Gasteiger partial charge on any atom is 0.306 e. The second-order valence-electron chi connectivity index (χ2n) is 2.56. The molecular formula is C8H16O3. The molecule has 0 amide bonds. The van der Waals surface area contributed by atoms with Crippen LogP contribution in [0.2, 0.25) is 0 Å². The third kappa shape index (κ3) is 5.85. The third-order valence-electron chi connectivity index (χ3n) is 1.31.